The predicted octanol–water partition coefficient (Wildman–Crippen LogP) is 3.38. The van der Waals surface area contributed by atoms with Gasteiger partial charge in [-0.25, -0.2) is 4.79 Å². The van der Waals surface area contributed by atoms with E-state index in [4.69, 9.17) is 4.74 Å². The monoisotopic (exact) mass is 354 g/mol. The maximum absolute atomic E-state index is 12.3. The molecule has 0 aromatic heterocycles. The summed E-state index contributed by atoms with van der Waals surface area (Å²) in [5, 5.41) is -0.316. The molecular weight excluding hydrogens is 339 g/mol. The molecule has 25 heavy (non-hydrogen) atoms. The van der Waals surface area contributed by atoms with Crippen molar-refractivity contribution in [3.05, 3.63) is 84.4 Å². The summed E-state index contributed by atoms with van der Waals surface area (Å²) in [6, 6.07) is 22.1. The molecule has 0 saturated carbocycles. The van der Waals surface area contributed by atoms with Gasteiger partial charge in [0.05, 0.1) is 5.56 Å². The average Bonchev–Trinajstić information content (AvgIpc) is 2.62. The minimum absolute atomic E-state index is 0.145. The van der Waals surface area contributed by atoms with Crippen LogP contribution in [0.2, 0.25) is 0 Å². The van der Waals surface area contributed by atoms with E-state index in [0.717, 1.165) is 11.1 Å². The quantitative estimate of drug-likeness (QED) is 0.426. The zero-order valence-electron chi connectivity index (χ0n) is 13.1. The van der Waals surface area contributed by atoms with Crippen molar-refractivity contribution in [2.75, 3.05) is 0 Å². The molecule has 3 aromatic rings. The van der Waals surface area contributed by atoms with Crippen LogP contribution < -0.4 is 10.0 Å². The van der Waals surface area contributed by atoms with Crippen molar-refractivity contribution in [2.24, 2.45) is 0 Å². The van der Waals surface area contributed by atoms with Gasteiger partial charge in [0.25, 0.3) is 0 Å². The molecular formula is C19H15O5P. The Morgan fingerprint density at radius 3 is 1.96 bits per heavy atom. The Morgan fingerprint density at radius 1 is 0.760 bits per heavy atom. The minimum atomic E-state index is -4.53. The first-order chi connectivity index (χ1) is 11.9. The smallest absolute Gasteiger partial charge is 0.359 e. The molecule has 6 heteroatoms. The van der Waals surface area contributed by atoms with E-state index in [1.165, 1.54) is 18.2 Å². The molecule has 2 N–H and O–H groups in total. The van der Waals surface area contributed by atoms with Gasteiger partial charge in [0.2, 0.25) is 0 Å². The van der Waals surface area contributed by atoms with Gasteiger partial charge in [-0.15, -0.1) is 0 Å². The van der Waals surface area contributed by atoms with Crippen molar-refractivity contribution in [1.82, 2.24) is 0 Å². The summed E-state index contributed by atoms with van der Waals surface area (Å²) in [5.74, 6) is -0.825. The summed E-state index contributed by atoms with van der Waals surface area (Å²) < 4.78 is 16.6. The Balaban J connectivity index is 1.82. The van der Waals surface area contributed by atoms with Crippen LogP contribution in [0.3, 0.4) is 0 Å². The van der Waals surface area contributed by atoms with Gasteiger partial charge in [-0.05, 0) is 35.4 Å². The van der Waals surface area contributed by atoms with Crippen LogP contribution in [0.5, 0.6) is 5.75 Å². The lowest BCUT2D eigenvalue weighted by atomic mass is 10.0. The number of carbonyl (C=O) groups is 1. The van der Waals surface area contributed by atoms with Gasteiger partial charge in [0.15, 0.2) is 0 Å². The molecule has 126 valence electrons. The Hall–Kier alpha value is -2.72. The SMILES string of the molecule is O=C(Oc1ccccc1P(=O)(O)O)c1ccc(-c2ccccc2)cc1. The molecule has 0 atom stereocenters. The molecule has 3 aromatic carbocycles. The summed E-state index contributed by atoms with van der Waals surface area (Å²) >= 11 is 0. The predicted molar refractivity (Wildman–Crippen MR) is 95.0 cm³/mol. The zero-order valence-corrected chi connectivity index (χ0v) is 14.0. The third-order valence-corrected chi connectivity index (χ3v) is 4.61. The second-order valence-electron chi connectivity index (χ2n) is 5.34. The summed E-state index contributed by atoms with van der Waals surface area (Å²) in [7, 11) is -4.53. The lowest BCUT2D eigenvalue weighted by Gasteiger charge is -2.11. The molecule has 0 bridgehead atoms. The Bertz CT molecular complexity index is 930. The number of carbonyl (C=O) groups excluding carboxylic acids is 1. The van der Waals surface area contributed by atoms with Crippen molar-refractivity contribution in [2.45, 2.75) is 0 Å². The van der Waals surface area contributed by atoms with Crippen LogP contribution in [0.4, 0.5) is 0 Å². The minimum Gasteiger partial charge on any atom is -0.422 e. The largest absolute Gasteiger partial charge is 0.422 e. The molecule has 0 amide bonds. The van der Waals surface area contributed by atoms with E-state index >= 15 is 0 Å². The molecule has 0 aliphatic rings. The second-order valence-corrected chi connectivity index (χ2v) is 6.91. The van der Waals surface area contributed by atoms with Gasteiger partial charge < -0.3 is 14.5 Å². The van der Waals surface area contributed by atoms with Crippen LogP contribution in [0.1, 0.15) is 10.4 Å². The molecule has 0 aliphatic carbocycles. The van der Waals surface area contributed by atoms with E-state index in [9.17, 15) is 19.1 Å². The molecule has 0 heterocycles. The fourth-order valence-electron chi connectivity index (χ4n) is 2.37. The maximum Gasteiger partial charge on any atom is 0.359 e. The first kappa shape index (κ1) is 17.1. The van der Waals surface area contributed by atoms with E-state index in [-0.39, 0.29) is 11.1 Å². The Morgan fingerprint density at radius 2 is 1.32 bits per heavy atom. The summed E-state index contributed by atoms with van der Waals surface area (Å²) in [5.41, 5.74) is 2.27. The Kier molecular flexibility index (Phi) is 4.81. The van der Waals surface area contributed by atoms with Gasteiger partial charge in [0, 0.05) is 0 Å². The van der Waals surface area contributed by atoms with E-state index in [2.05, 4.69) is 0 Å². The van der Waals surface area contributed by atoms with Gasteiger partial charge in [-0.1, -0.05) is 54.6 Å². The number of hydrogen-bond acceptors (Lipinski definition) is 3. The van der Waals surface area contributed by atoms with Gasteiger partial charge >= 0.3 is 13.6 Å². The van der Waals surface area contributed by atoms with Crippen molar-refractivity contribution in [1.29, 1.82) is 0 Å². The van der Waals surface area contributed by atoms with Crippen LogP contribution in [-0.2, 0) is 4.57 Å². The van der Waals surface area contributed by atoms with E-state index in [1.807, 2.05) is 30.3 Å². The molecule has 0 radical (unpaired) electrons. The van der Waals surface area contributed by atoms with Crippen molar-refractivity contribution < 1.29 is 23.9 Å². The van der Waals surface area contributed by atoms with E-state index in [1.54, 1.807) is 30.3 Å². The molecule has 0 spiro atoms. The van der Waals surface area contributed by atoms with Crippen molar-refractivity contribution >= 4 is 18.9 Å². The van der Waals surface area contributed by atoms with Crippen LogP contribution in [0.25, 0.3) is 11.1 Å². The summed E-state index contributed by atoms with van der Waals surface area (Å²) in [4.78, 5) is 30.9. The fourth-order valence-corrected chi connectivity index (χ4v) is 3.06. The highest BCUT2D eigenvalue weighted by Crippen LogP contribution is 2.37. The lowest BCUT2D eigenvalue weighted by molar-refractivity contribution is 0.0736. The summed E-state index contributed by atoms with van der Waals surface area (Å²) in [6.45, 7) is 0. The van der Waals surface area contributed by atoms with E-state index in [0.29, 0.717) is 5.56 Å². The van der Waals surface area contributed by atoms with E-state index < -0.39 is 13.6 Å². The normalized spacial score (nSPS) is 11.1. The van der Waals surface area contributed by atoms with Crippen LogP contribution in [-0.4, -0.2) is 15.8 Å². The molecule has 5 nitrogen and oxygen atoms in total. The molecule has 0 fully saturated rings. The first-order valence-electron chi connectivity index (χ1n) is 7.48. The highest BCUT2D eigenvalue weighted by molar-refractivity contribution is 7.60. The highest BCUT2D eigenvalue weighted by atomic mass is 31.2. The number of benzene rings is 3. The molecule has 3 rings (SSSR count). The second kappa shape index (κ2) is 7.03. The van der Waals surface area contributed by atoms with Crippen LogP contribution in [0.15, 0.2) is 78.9 Å². The summed E-state index contributed by atoms with van der Waals surface area (Å²) in [6.07, 6.45) is 0. The third-order valence-electron chi connectivity index (χ3n) is 3.61. The molecule has 0 aliphatic heterocycles. The number of ether oxygens (including phenoxy) is 1. The zero-order chi connectivity index (χ0) is 17.9. The highest BCUT2D eigenvalue weighted by Gasteiger charge is 2.23. The number of rotatable bonds is 4. The maximum atomic E-state index is 12.3. The molecule has 0 saturated heterocycles. The van der Waals surface area contributed by atoms with Gasteiger partial charge in [-0.2, -0.15) is 0 Å². The number of para-hydroxylation sites is 1. The number of esters is 1. The topological polar surface area (TPSA) is 83.8 Å². The standard InChI is InChI=1S/C19H15O5P/c20-19(24-17-8-4-5-9-18(17)25(21,22)23)16-12-10-15(11-13-16)14-6-2-1-3-7-14/h1-13H,(H2,21,22,23). The number of hydrogen-bond donors (Lipinski definition) is 2. The third kappa shape index (κ3) is 4.03. The van der Waals surface area contributed by atoms with Crippen molar-refractivity contribution in [3.8, 4) is 16.9 Å². The molecule has 0 unspecified atom stereocenters. The first-order valence-corrected chi connectivity index (χ1v) is 9.09. The van der Waals surface area contributed by atoms with Crippen LogP contribution >= 0.6 is 7.60 Å². The lowest BCUT2D eigenvalue weighted by Crippen LogP contribution is -2.15. The average molecular weight is 354 g/mol. The van der Waals surface area contributed by atoms with Crippen LogP contribution in [0, 0.1) is 0 Å². The Labute approximate surface area is 144 Å². The fraction of sp³-hybridized carbons (Fsp3) is 0. The van der Waals surface area contributed by atoms with Gasteiger partial charge in [0.1, 0.15) is 11.1 Å². The van der Waals surface area contributed by atoms with Crippen molar-refractivity contribution in [3.63, 3.8) is 0 Å². The van der Waals surface area contributed by atoms with Gasteiger partial charge in [-0.3, -0.25) is 4.57 Å².